The molecule has 4 saturated heterocycles. The molecule has 4 unspecified atom stereocenters. The van der Waals surface area contributed by atoms with E-state index in [-0.39, 0.29) is 5.34 Å². The van der Waals surface area contributed by atoms with Gasteiger partial charge in [-0.1, -0.05) is 11.8 Å². The van der Waals surface area contributed by atoms with Crippen LogP contribution in [-0.4, -0.2) is 164 Å². The van der Waals surface area contributed by atoms with Crippen LogP contribution in [0.1, 0.15) is 37.1 Å². The van der Waals surface area contributed by atoms with Crippen LogP contribution in [0, 0.1) is 59.7 Å². The van der Waals surface area contributed by atoms with Crippen LogP contribution in [0.5, 0.6) is 0 Å². The van der Waals surface area contributed by atoms with Crippen LogP contribution in [-0.2, 0) is 13.9 Å². The molecule has 0 bridgehead atoms. The summed E-state index contributed by atoms with van der Waals surface area (Å²) in [5, 5.41) is 16.0. The fourth-order valence-electron chi connectivity index (χ4n) is 6.96. The maximum absolute atomic E-state index is 10.4. The molecular weight excluding hydrogens is 988 g/mol. The number of aromatic nitrogens is 9. The number of imidazole rings is 3. The van der Waals surface area contributed by atoms with E-state index in [9.17, 15) is 9.36 Å². The van der Waals surface area contributed by atoms with Crippen molar-refractivity contribution in [1.29, 1.82) is 0 Å². The molecule has 0 aliphatic carbocycles. The predicted octanol–water partition coefficient (Wildman–Crippen LogP) is 6.51. The highest BCUT2D eigenvalue weighted by Crippen LogP contribution is 2.35. The van der Waals surface area contributed by atoms with E-state index in [1.807, 2.05) is 43.4 Å². The number of nitrogens with zero attached hydrogens (tertiary/aromatic N) is 12. The Balaban J connectivity index is 0.000000183. The summed E-state index contributed by atoms with van der Waals surface area (Å²) in [4.78, 5) is 29.5. The molecule has 0 saturated carbocycles. The molecule has 10 heterocycles. The van der Waals surface area contributed by atoms with Gasteiger partial charge in [-0.3, -0.25) is 4.57 Å². The Morgan fingerprint density at radius 2 is 1.21 bits per heavy atom. The summed E-state index contributed by atoms with van der Waals surface area (Å²) in [5.41, 5.74) is 4.28. The third kappa shape index (κ3) is 19.7. The Morgan fingerprint density at radius 3 is 1.59 bits per heavy atom. The molecule has 6 aromatic heterocycles. The second kappa shape index (κ2) is 30.0. The van der Waals surface area contributed by atoms with E-state index in [4.69, 9.17) is 29.6 Å². The van der Waals surface area contributed by atoms with Crippen LogP contribution in [0.15, 0.2) is 78.2 Å². The van der Waals surface area contributed by atoms with E-state index in [2.05, 4.69) is 114 Å². The van der Waals surface area contributed by atoms with Gasteiger partial charge < -0.3 is 29.3 Å². The van der Waals surface area contributed by atoms with Crippen LogP contribution in [0.4, 0.5) is 0 Å². The zero-order valence-corrected chi connectivity index (χ0v) is 43.7. The lowest BCUT2D eigenvalue weighted by Crippen LogP contribution is -2.14. The number of rotatable bonds is 2. The number of carbonyl (C=O) groups excluding carboxylic acids is 1. The topological polar surface area (TPSA) is 156 Å². The fourth-order valence-corrected chi connectivity index (χ4v) is 7.34. The zero-order valence-electron chi connectivity index (χ0n) is 39.8. The van der Waals surface area contributed by atoms with Gasteiger partial charge in [-0.05, 0) is 137 Å². The second-order valence-corrected chi connectivity index (χ2v) is 21.1. The lowest BCUT2D eigenvalue weighted by atomic mass is 10.1. The first kappa shape index (κ1) is 55.9. The minimum Gasteiger partial charge on any atom is -0.332 e. The number of aldehydes is 1. The number of fused-ring (bicyclic) bond motifs is 3. The van der Waals surface area contributed by atoms with Crippen molar-refractivity contribution in [2.75, 3.05) is 99.3 Å². The van der Waals surface area contributed by atoms with Crippen molar-refractivity contribution in [3.8, 4) is 36.0 Å². The first-order valence-corrected chi connectivity index (χ1v) is 26.6. The van der Waals surface area contributed by atoms with Crippen LogP contribution in [0.2, 0.25) is 0 Å². The summed E-state index contributed by atoms with van der Waals surface area (Å²) in [6, 6.07) is 11.4. The Labute approximate surface area is 419 Å². The van der Waals surface area contributed by atoms with Gasteiger partial charge in [-0.2, -0.15) is 15.3 Å². The van der Waals surface area contributed by atoms with Gasteiger partial charge in [0.05, 0.1) is 23.9 Å². The molecule has 16 nitrogen and oxygen atoms in total. The van der Waals surface area contributed by atoms with Crippen LogP contribution >= 0.6 is 46.5 Å². The maximum Gasteiger partial charge on any atom is 0.196 e. The number of alkyl halides is 2. The predicted molar refractivity (Wildman–Crippen MR) is 276 cm³/mol. The third-order valence-electron chi connectivity index (χ3n) is 10.7. The SMILES string of the molecule is Brc1cnc2cccnn12.C#CC1CCN(C)C1.C(#CC1CCNC1)c1cnc2cccnn12.CN1CCC(C#Cc2cnc3cccnn23)C1.CN1CCC(C=O)C1.COP(C)(C)=O.ClCCl. The number of halogens is 3. The van der Waals surface area contributed by atoms with E-state index in [0.717, 1.165) is 104 Å². The van der Waals surface area contributed by atoms with E-state index in [0.29, 0.717) is 23.7 Å². The molecule has 4 aliphatic heterocycles. The molecule has 4 atom stereocenters. The van der Waals surface area contributed by atoms with Crippen molar-refractivity contribution in [3.63, 3.8) is 0 Å². The number of carbonyl (C=O) groups is 1. The van der Waals surface area contributed by atoms with Crippen LogP contribution in [0.3, 0.4) is 0 Å². The molecule has 0 radical (unpaired) electrons. The third-order valence-corrected chi connectivity index (χ3v) is 12.2. The minimum atomic E-state index is -2.15. The van der Waals surface area contributed by atoms with Gasteiger partial charge >= 0.3 is 0 Å². The summed E-state index contributed by atoms with van der Waals surface area (Å²) in [6.07, 6.45) is 21.3. The van der Waals surface area contributed by atoms with Gasteiger partial charge in [0.15, 0.2) is 24.3 Å². The number of terminal acetylenes is 1. The first-order chi connectivity index (χ1) is 32.8. The molecular formula is C48H63BrCl2N13O3P. The Bertz CT molecular complexity index is 2660. The fraction of sp³-hybridized carbons (Fsp3) is 0.479. The molecule has 4 aliphatic rings. The van der Waals surface area contributed by atoms with E-state index in [1.54, 1.807) is 64.1 Å². The number of likely N-dealkylation sites (tertiary alicyclic amines) is 3. The van der Waals surface area contributed by atoms with E-state index in [1.165, 1.54) is 20.1 Å². The summed E-state index contributed by atoms with van der Waals surface area (Å²) in [7, 11) is 5.59. The Morgan fingerprint density at radius 1 is 0.750 bits per heavy atom. The van der Waals surface area contributed by atoms with Crippen LogP contribution in [0.25, 0.3) is 16.9 Å². The number of hydrogen-bond acceptors (Lipinski definition) is 13. The van der Waals surface area contributed by atoms with Crippen molar-refractivity contribution in [2.45, 2.75) is 25.7 Å². The Hall–Kier alpha value is -4.70. The largest absolute Gasteiger partial charge is 0.332 e. The van der Waals surface area contributed by atoms with Gasteiger partial charge in [0.2, 0.25) is 0 Å². The van der Waals surface area contributed by atoms with Gasteiger partial charge in [0, 0.05) is 88.9 Å². The molecule has 6 aromatic rings. The van der Waals surface area contributed by atoms with Gasteiger partial charge in [0.25, 0.3) is 0 Å². The van der Waals surface area contributed by atoms with Crippen molar-refractivity contribution < 1.29 is 13.9 Å². The molecule has 4 fully saturated rings. The van der Waals surface area contributed by atoms with Crippen molar-refractivity contribution in [2.24, 2.45) is 23.7 Å². The Kier molecular flexibility index (Phi) is 24.7. The van der Waals surface area contributed by atoms with E-state index >= 15 is 0 Å². The lowest BCUT2D eigenvalue weighted by molar-refractivity contribution is -0.110. The molecule has 68 heavy (non-hydrogen) atoms. The van der Waals surface area contributed by atoms with Crippen molar-refractivity contribution >= 4 is 69.7 Å². The quantitative estimate of drug-likeness (QED) is 0.0868. The molecule has 10 rings (SSSR count). The number of nitrogens with one attached hydrogen (secondary N) is 1. The summed E-state index contributed by atoms with van der Waals surface area (Å²) < 4.78 is 21.0. The summed E-state index contributed by atoms with van der Waals surface area (Å²) in [6.45, 7) is 11.8. The van der Waals surface area contributed by atoms with Gasteiger partial charge in [0.1, 0.15) is 22.3 Å². The van der Waals surface area contributed by atoms with E-state index < -0.39 is 7.37 Å². The van der Waals surface area contributed by atoms with Crippen molar-refractivity contribution in [1.82, 2.24) is 63.8 Å². The normalized spacial score (nSPS) is 19.8. The molecule has 1 N–H and O–H groups in total. The average molecular weight is 1050 g/mol. The molecule has 20 heteroatoms. The van der Waals surface area contributed by atoms with Gasteiger partial charge in [-0.15, -0.1) is 35.5 Å². The minimum absolute atomic E-state index is 0.194. The summed E-state index contributed by atoms with van der Waals surface area (Å²) in [5.74, 6) is 17.5. The van der Waals surface area contributed by atoms with Gasteiger partial charge in [-0.25, -0.2) is 28.5 Å². The number of hydrogen-bond donors (Lipinski definition) is 1. The molecule has 0 spiro atoms. The monoisotopic (exact) mass is 1050 g/mol. The molecule has 0 aromatic carbocycles. The zero-order chi connectivity index (χ0) is 49.3. The maximum atomic E-state index is 10.4. The highest BCUT2D eigenvalue weighted by atomic mass is 79.9. The van der Waals surface area contributed by atoms with Crippen molar-refractivity contribution in [3.05, 3.63) is 89.6 Å². The molecule has 364 valence electrons. The second-order valence-electron chi connectivity index (χ2n) is 16.6. The summed E-state index contributed by atoms with van der Waals surface area (Å²) >= 11 is 12.8. The first-order valence-electron chi connectivity index (χ1n) is 22.2. The smallest absolute Gasteiger partial charge is 0.196 e. The highest BCUT2D eigenvalue weighted by molar-refractivity contribution is 9.10. The molecule has 0 amide bonds. The highest BCUT2D eigenvalue weighted by Gasteiger charge is 2.18. The average Bonchev–Trinajstić information content (AvgIpc) is 4.22. The van der Waals surface area contributed by atoms with Crippen LogP contribution < -0.4 is 5.32 Å². The lowest BCUT2D eigenvalue weighted by Gasteiger charge is -2.03. The standard InChI is InChI=1S/C13H14N4.C12H12N4.C7H11N.C6H4BrN3.C6H11NO.C3H9O2P.CH2Cl2/c1-16-8-6-11(10-16)4-5-12-9-14-13-3-2-7-15-17(12)13;1-2-12-14-9-11(16(12)15-6-1)4-3-10-5-7-13-8-10;1-3-7-4-5-8(2)6-7;7-5-4-8-6-2-1-3-9-10(5)6;1-7-3-2-6(4-7)5-8;1-5-6(2,3)4;2-1-3/h2-3,7,9,11H,6,8,10H2,1H3;1-2,6,9-10,13H,5,7-8H2;1,7H,4-6H2,2H3;1-4H;5-6H,2-4H2,1H3;1-3H3;1H2.